The summed E-state index contributed by atoms with van der Waals surface area (Å²) >= 11 is 1.69. The highest BCUT2D eigenvalue weighted by molar-refractivity contribution is 7.09. The van der Waals surface area contributed by atoms with Gasteiger partial charge in [0.1, 0.15) is 17.5 Å². The van der Waals surface area contributed by atoms with Crippen LogP contribution in [0.1, 0.15) is 29.6 Å². The molecule has 2 aromatic rings. The molecule has 100 valence electrons. The Labute approximate surface area is 116 Å². The molecule has 5 nitrogen and oxygen atoms in total. The van der Waals surface area contributed by atoms with Gasteiger partial charge in [0.05, 0.1) is 5.01 Å². The van der Waals surface area contributed by atoms with Crippen LogP contribution in [0.3, 0.4) is 0 Å². The summed E-state index contributed by atoms with van der Waals surface area (Å²) in [6.07, 6.45) is 5.20. The zero-order valence-electron chi connectivity index (χ0n) is 10.9. The van der Waals surface area contributed by atoms with E-state index >= 15 is 0 Å². The predicted molar refractivity (Wildman–Crippen MR) is 77.9 cm³/mol. The number of hydrogen-bond donors (Lipinski definition) is 2. The average molecular weight is 275 g/mol. The van der Waals surface area contributed by atoms with Crippen molar-refractivity contribution in [3.05, 3.63) is 28.5 Å². The molecular formula is C13H17N5S. The van der Waals surface area contributed by atoms with Crippen LogP contribution in [-0.4, -0.2) is 28.5 Å². The van der Waals surface area contributed by atoms with Crippen molar-refractivity contribution >= 4 is 23.0 Å². The van der Waals surface area contributed by atoms with E-state index in [0.717, 1.165) is 35.4 Å². The first kappa shape index (κ1) is 12.3. The van der Waals surface area contributed by atoms with Gasteiger partial charge < -0.3 is 10.6 Å². The molecule has 2 heterocycles. The maximum absolute atomic E-state index is 4.58. The summed E-state index contributed by atoms with van der Waals surface area (Å²) in [4.78, 5) is 13.4. The topological polar surface area (TPSA) is 62.7 Å². The van der Waals surface area contributed by atoms with Crippen molar-refractivity contribution in [3.63, 3.8) is 0 Å². The molecule has 0 unspecified atom stereocenters. The van der Waals surface area contributed by atoms with Crippen molar-refractivity contribution in [1.82, 2.24) is 15.0 Å². The highest BCUT2D eigenvalue weighted by Gasteiger charge is 2.27. The second-order valence-electron chi connectivity index (χ2n) is 4.62. The van der Waals surface area contributed by atoms with Crippen LogP contribution in [0.5, 0.6) is 0 Å². The molecule has 3 rings (SSSR count). The fraction of sp³-hybridized carbons (Fsp3) is 0.462. The summed E-state index contributed by atoms with van der Waals surface area (Å²) in [5, 5.41) is 9.60. The third kappa shape index (κ3) is 3.20. The first-order valence-corrected chi connectivity index (χ1v) is 7.42. The van der Waals surface area contributed by atoms with Crippen molar-refractivity contribution in [2.75, 3.05) is 24.2 Å². The molecule has 0 aromatic carbocycles. The molecule has 0 bridgehead atoms. The van der Waals surface area contributed by atoms with Crippen molar-refractivity contribution < 1.29 is 0 Å². The molecule has 0 spiro atoms. The summed E-state index contributed by atoms with van der Waals surface area (Å²) in [5.41, 5.74) is 0. The average Bonchev–Trinajstić information content (AvgIpc) is 3.17. The normalized spacial score (nSPS) is 14.4. The van der Waals surface area contributed by atoms with Crippen LogP contribution in [-0.2, 0) is 6.42 Å². The van der Waals surface area contributed by atoms with Gasteiger partial charge in [-0.3, -0.25) is 0 Å². The molecule has 0 atom stereocenters. The SMILES string of the molecule is CNc1cc(NCCc2nccs2)nc(C2CC2)n1. The number of nitrogens with one attached hydrogen (secondary N) is 2. The number of hydrogen-bond acceptors (Lipinski definition) is 6. The molecule has 1 aliphatic rings. The molecule has 0 aliphatic heterocycles. The van der Waals surface area contributed by atoms with Gasteiger partial charge in [-0.2, -0.15) is 0 Å². The highest BCUT2D eigenvalue weighted by atomic mass is 32.1. The van der Waals surface area contributed by atoms with E-state index in [1.54, 1.807) is 11.3 Å². The van der Waals surface area contributed by atoms with Gasteiger partial charge in [0.2, 0.25) is 0 Å². The predicted octanol–water partition coefficient (Wildman–Crippen LogP) is 2.51. The van der Waals surface area contributed by atoms with Crippen LogP contribution in [0.25, 0.3) is 0 Å². The van der Waals surface area contributed by atoms with E-state index < -0.39 is 0 Å². The minimum atomic E-state index is 0.563. The molecule has 0 saturated heterocycles. The monoisotopic (exact) mass is 275 g/mol. The van der Waals surface area contributed by atoms with Gasteiger partial charge in [0, 0.05) is 43.6 Å². The lowest BCUT2D eigenvalue weighted by molar-refractivity contribution is 0.914. The van der Waals surface area contributed by atoms with Gasteiger partial charge in [-0.15, -0.1) is 11.3 Å². The second kappa shape index (κ2) is 5.52. The Morgan fingerprint density at radius 2 is 2.16 bits per heavy atom. The van der Waals surface area contributed by atoms with Crippen molar-refractivity contribution in [3.8, 4) is 0 Å². The molecule has 1 saturated carbocycles. The molecule has 2 N–H and O–H groups in total. The number of aromatic nitrogens is 3. The largest absolute Gasteiger partial charge is 0.373 e. The van der Waals surface area contributed by atoms with Crippen LogP contribution in [0.2, 0.25) is 0 Å². The lowest BCUT2D eigenvalue weighted by atomic mass is 10.3. The van der Waals surface area contributed by atoms with Crippen LogP contribution in [0, 0.1) is 0 Å². The van der Waals surface area contributed by atoms with Crippen molar-refractivity contribution in [1.29, 1.82) is 0 Å². The van der Waals surface area contributed by atoms with E-state index in [2.05, 4.69) is 25.6 Å². The minimum absolute atomic E-state index is 0.563. The Hall–Kier alpha value is -1.69. The van der Waals surface area contributed by atoms with E-state index in [-0.39, 0.29) is 0 Å². The number of rotatable bonds is 6. The van der Waals surface area contributed by atoms with E-state index in [4.69, 9.17) is 0 Å². The van der Waals surface area contributed by atoms with Crippen molar-refractivity contribution in [2.45, 2.75) is 25.2 Å². The quantitative estimate of drug-likeness (QED) is 0.848. The number of thiazole rings is 1. The molecule has 0 amide bonds. The van der Waals surface area contributed by atoms with Crippen LogP contribution in [0.15, 0.2) is 17.6 Å². The maximum Gasteiger partial charge on any atom is 0.136 e. The molecule has 0 radical (unpaired) electrons. The Morgan fingerprint density at radius 3 is 2.84 bits per heavy atom. The molecule has 19 heavy (non-hydrogen) atoms. The maximum atomic E-state index is 4.58. The molecule has 1 fully saturated rings. The summed E-state index contributed by atoms with van der Waals surface area (Å²) in [7, 11) is 1.89. The molecule has 6 heteroatoms. The first-order valence-electron chi connectivity index (χ1n) is 6.54. The summed E-state index contributed by atoms with van der Waals surface area (Å²) in [6.45, 7) is 0.845. The molecule has 1 aliphatic carbocycles. The Morgan fingerprint density at radius 1 is 1.32 bits per heavy atom. The van der Waals surface area contributed by atoms with Gasteiger partial charge in [0.25, 0.3) is 0 Å². The summed E-state index contributed by atoms with van der Waals surface area (Å²) in [6, 6.07) is 1.95. The van der Waals surface area contributed by atoms with Gasteiger partial charge in [-0.25, -0.2) is 15.0 Å². The Bertz CT molecular complexity index is 536. The Kier molecular flexibility index (Phi) is 3.59. The first-order chi connectivity index (χ1) is 9.35. The second-order valence-corrected chi connectivity index (χ2v) is 5.60. The van der Waals surface area contributed by atoms with Crippen LogP contribution in [0.4, 0.5) is 11.6 Å². The van der Waals surface area contributed by atoms with E-state index in [9.17, 15) is 0 Å². The smallest absolute Gasteiger partial charge is 0.136 e. The standard InChI is InChI=1S/C13H17N5S/c1-14-10-8-11(18-13(17-10)9-2-3-9)15-5-4-12-16-6-7-19-12/h6-9H,2-5H2,1H3,(H2,14,15,17,18). The van der Waals surface area contributed by atoms with Crippen molar-refractivity contribution in [2.24, 2.45) is 0 Å². The minimum Gasteiger partial charge on any atom is -0.373 e. The third-order valence-corrected chi connectivity index (χ3v) is 3.91. The van der Waals surface area contributed by atoms with Gasteiger partial charge >= 0.3 is 0 Å². The summed E-state index contributed by atoms with van der Waals surface area (Å²) in [5.74, 6) is 3.31. The van der Waals surface area contributed by atoms with E-state index in [1.807, 2.05) is 24.7 Å². The molecular weight excluding hydrogens is 258 g/mol. The zero-order valence-corrected chi connectivity index (χ0v) is 11.7. The Balaban J connectivity index is 1.64. The van der Waals surface area contributed by atoms with Crippen LogP contribution >= 0.6 is 11.3 Å². The van der Waals surface area contributed by atoms with E-state index in [0.29, 0.717) is 5.92 Å². The van der Waals surface area contributed by atoms with Gasteiger partial charge in [0.15, 0.2) is 0 Å². The fourth-order valence-corrected chi connectivity index (χ4v) is 2.50. The zero-order chi connectivity index (χ0) is 13.1. The lowest BCUT2D eigenvalue weighted by Gasteiger charge is -2.08. The number of nitrogens with zero attached hydrogens (tertiary/aromatic N) is 3. The molecule has 2 aromatic heterocycles. The third-order valence-electron chi connectivity index (χ3n) is 3.07. The van der Waals surface area contributed by atoms with Gasteiger partial charge in [-0.1, -0.05) is 0 Å². The highest BCUT2D eigenvalue weighted by Crippen LogP contribution is 2.38. The van der Waals surface area contributed by atoms with E-state index in [1.165, 1.54) is 12.8 Å². The van der Waals surface area contributed by atoms with Crippen LogP contribution < -0.4 is 10.6 Å². The van der Waals surface area contributed by atoms with Gasteiger partial charge in [-0.05, 0) is 12.8 Å². The summed E-state index contributed by atoms with van der Waals surface area (Å²) < 4.78 is 0. The fourth-order valence-electron chi connectivity index (χ4n) is 1.88. The number of anilines is 2. The lowest BCUT2D eigenvalue weighted by Crippen LogP contribution is -2.09.